The van der Waals surface area contributed by atoms with E-state index in [1.54, 1.807) is 11.9 Å². The van der Waals surface area contributed by atoms with E-state index in [1.807, 2.05) is 6.07 Å². The summed E-state index contributed by atoms with van der Waals surface area (Å²) < 4.78 is 13.6. The van der Waals surface area contributed by atoms with Gasteiger partial charge >= 0.3 is 0 Å². The van der Waals surface area contributed by atoms with Crippen LogP contribution >= 0.6 is 0 Å². The van der Waals surface area contributed by atoms with E-state index in [0.29, 0.717) is 17.8 Å². The summed E-state index contributed by atoms with van der Waals surface area (Å²) in [5.41, 5.74) is 2.81. The number of carbonyl (C=O) groups is 2. The van der Waals surface area contributed by atoms with Crippen molar-refractivity contribution in [3.8, 4) is 0 Å². The molecule has 1 aromatic carbocycles. The molecule has 0 saturated carbocycles. The second-order valence-corrected chi connectivity index (χ2v) is 6.37. The molecule has 0 radical (unpaired) electrons. The molecule has 1 atom stereocenters. The number of nitrogens with one attached hydrogen (secondary N) is 2. The van der Waals surface area contributed by atoms with Crippen LogP contribution in [0, 0.1) is 5.82 Å². The van der Waals surface area contributed by atoms with Crippen molar-refractivity contribution in [2.75, 3.05) is 12.4 Å². The number of anilines is 1. The number of hydrogen-bond donors (Lipinski definition) is 2. The standard InChI is InChI=1S/C18H21FN4O2/c1-3-4-12-8-13(22-21-12)10-23(2)18(25)15-9-17(24)20-16-6-5-11(19)7-14(15)16/h5-8,15H,3-4,9-10H2,1-2H3,(H,20,24)(H,21,22). The summed E-state index contributed by atoms with van der Waals surface area (Å²) in [6.45, 7) is 2.44. The first kappa shape index (κ1) is 17.1. The maximum Gasteiger partial charge on any atom is 0.230 e. The molecule has 1 aliphatic heterocycles. The van der Waals surface area contributed by atoms with Crippen LogP contribution in [0.25, 0.3) is 0 Å². The van der Waals surface area contributed by atoms with Crippen LogP contribution in [0.2, 0.25) is 0 Å². The molecule has 2 N–H and O–H groups in total. The maximum atomic E-state index is 13.6. The Labute approximate surface area is 145 Å². The van der Waals surface area contributed by atoms with E-state index in [0.717, 1.165) is 24.2 Å². The number of nitrogens with zero attached hydrogens (tertiary/aromatic N) is 2. The zero-order valence-corrected chi connectivity index (χ0v) is 14.3. The van der Waals surface area contributed by atoms with Crippen LogP contribution in [-0.2, 0) is 22.6 Å². The summed E-state index contributed by atoms with van der Waals surface area (Å²) in [7, 11) is 1.67. The van der Waals surface area contributed by atoms with Gasteiger partial charge in [0.15, 0.2) is 0 Å². The van der Waals surface area contributed by atoms with Crippen LogP contribution in [0.4, 0.5) is 10.1 Å². The fraction of sp³-hybridized carbons (Fsp3) is 0.389. The van der Waals surface area contributed by atoms with Gasteiger partial charge < -0.3 is 10.2 Å². The van der Waals surface area contributed by atoms with Gasteiger partial charge in [0.1, 0.15) is 5.82 Å². The largest absolute Gasteiger partial charge is 0.339 e. The van der Waals surface area contributed by atoms with E-state index in [-0.39, 0.29) is 18.2 Å². The number of likely N-dealkylation sites (N-methyl/N-ethyl adjacent to an activating group) is 1. The van der Waals surface area contributed by atoms with E-state index in [9.17, 15) is 14.0 Å². The number of aromatic amines is 1. The van der Waals surface area contributed by atoms with E-state index in [1.165, 1.54) is 18.2 Å². The van der Waals surface area contributed by atoms with Gasteiger partial charge in [-0.3, -0.25) is 14.7 Å². The topological polar surface area (TPSA) is 78.1 Å². The van der Waals surface area contributed by atoms with Crippen molar-refractivity contribution in [2.24, 2.45) is 0 Å². The van der Waals surface area contributed by atoms with E-state index < -0.39 is 11.7 Å². The number of fused-ring (bicyclic) bond motifs is 1. The molecule has 7 heteroatoms. The monoisotopic (exact) mass is 344 g/mol. The van der Waals surface area contributed by atoms with Crippen molar-refractivity contribution in [1.82, 2.24) is 15.1 Å². The zero-order chi connectivity index (χ0) is 18.0. The quantitative estimate of drug-likeness (QED) is 0.875. The summed E-state index contributed by atoms with van der Waals surface area (Å²) >= 11 is 0. The van der Waals surface area contributed by atoms with Gasteiger partial charge in [-0.15, -0.1) is 0 Å². The predicted octanol–water partition coefficient (Wildman–Crippen LogP) is 2.59. The number of aromatic nitrogens is 2. The van der Waals surface area contributed by atoms with Crippen molar-refractivity contribution < 1.29 is 14.0 Å². The molecule has 3 rings (SSSR count). The lowest BCUT2D eigenvalue weighted by atomic mass is 9.89. The van der Waals surface area contributed by atoms with Crippen molar-refractivity contribution in [2.45, 2.75) is 38.6 Å². The first-order valence-electron chi connectivity index (χ1n) is 8.35. The Hall–Kier alpha value is -2.70. The Kier molecular flexibility index (Phi) is 4.83. The molecule has 2 amide bonds. The van der Waals surface area contributed by atoms with Crippen LogP contribution < -0.4 is 5.32 Å². The highest BCUT2D eigenvalue weighted by molar-refractivity contribution is 6.01. The summed E-state index contributed by atoms with van der Waals surface area (Å²) in [6.07, 6.45) is 1.89. The summed E-state index contributed by atoms with van der Waals surface area (Å²) in [4.78, 5) is 26.3. The lowest BCUT2D eigenvalue weighted by molar-refractivity contribution is -0.134. The smallest absolute Gasteiger partial charge is 0.230 e. The van der Waals surface area contributed by atoms with Crippen molar-refractivity contribution in [3.05, 3.63) is 47.0 Å². The van der Waals surface area contributed by atoms with Gasteiger partial charge in [-0.2, -0.15) is 5.10 Å². The third kappa shape index (κ3) is 3.70. The average Bonchev–Trinajstić information content (AvgIpc) is 3.01. The molecule has 0 saturated heterocycles. The van der Waals surface area contributed by atoms with Gasteiger partial charge in [0.05, 0.1) is 23.9 Å². The Morgan fingerprint density at radius 2 is 2.20 bits per heavy atom. The number of rotatable bonds is 5. The third-order valence-electron chi connectivity index (χ3n) is 4.32. The fourth-order valence-corrected chi connectivity index (χ4v) is 3.13. The van der Waals surface area contributed by atoms with Gasteiger partial charge in [0.25, 0.3) is 0 Å². The highest BCUT2D eigenvalue weighted by Crippen LogP contribution is 2.34. The van der Waals surface area contributed by atoms with Crippen molar-refractivity contribution >= 4 is 17.5 Å². The van der Waals surface area contributed by atoms with Gasteiger partial charge in [-0.25, -0.2) is 4.39 Å². The number of aryl methyl sites for hydroxylation is 1. The molecule has 6 nitrogen and oxygen atoms in total. The molecule has 2 heterocycles. The normalized spacial score (nSPS) is 16.3. The van der Waals surface area contributed by atoms with E-state index in [2.05, 4.69) is 22.4 Å². The van der Waals surface area contributed by atoms with Crippen LogP contribution in [0.3, 0.4) is 0 Å². The number of H-pyrrole nitrogens is 1. The molecule has 1 unspecified atom stereocenters. The molecule has 0 aliphatic carbocycles. The number of halogens is 1. The minimum atomic E-state index is -0.678. The lowest BCUT2D eigenvalue weighted by Gasteiger charge is -2.28. The Morgan fingerprint density at radius 1 is 1.40 bits per heavy atom. The Bertz CT molecular complexity index is 802. The van der Waals surface area contributed by atoms with Gasteiger partial charge in [0, 0.05) is 19.2 Å². The molecule has 25 heavy (non-hydrogen) atoms. The molecular formula is C18H21FN4O2. The van der Waals surface area contributed by atoms with E-state index >= 15 is 0 Å². The summed E-state index contributed by atoms with van der Waals surface area (Å²) in [6, 6.07) is 6.03. The Balaban J connectivity index is 1.77. The van der Waals surface area contributed by atoms with Crippen molar-refractivity contribution in [1.29, 1.82) is 0 Å². The Morgan fingerprint density at radius 3 is 2.96 bits per heavy atom. The fourth-order valence-electron chi connectivity index (χ4n) is 3.13. The molecule has 0 spiro atoms. The molecule has 2 aromatic rings. The molecule has 1 aromatic heterocycles. The minimum Gasteiger partial charge on any atom is -0.339 e. The van der Waals surface area contributed by atoms with Crippen LogP contribution in [-0.4, -0.2) is 34.0 Å². The predicted molar refractivity (Wildman–Crippen MR) is 91.4 cm³/mol. The molecule has 1 aliphatic rings. The lowest BCUT2D eigenvalue weighted by Crippen LogP contribution is -2.36. The van der Waals surface area contributed by atoms with Crippen LogP contribution in [0.15, 0.2) is 24.3 Å². The SMILES string of the molecule is CCCc1cc(CN(C)C(=O)C2CC(=O)Nc3ccc(F)cc32)[nH]n1. The number of benzene rings is 1. The first-order chi connectivity index (χ1) is 12.0. The number of amides is 2. The summed E-state index contributed by atoms with van der Waals surface area (Å²) in [5.74, 6) is -1.55. The van der Waals surface area contributed by atoms with Crippen molar-refractivity contribution in [3.63, 3.8) is 0 Å². The minimum absolute atomic E-state index is 0.0175. The maximum absolute atomic E-state index is 13.6. The summed E-state index contributed by atoms with van der Waals surface area (Å²) in [5, 5.41) is 9.83. The third-order valence-corrected chi connectivity index (χ3v) is 4.32. The second-order valence-electron chi connectivity index (χ2n) is 6.37. The molecule has 0 bridgehead atoms. The molecular weight excluding hydrogens is 323 g/mol. The molecule has 0 fully saturated rings. The number of hydrogen-bond acceptors (Lipinski definition) is 3. The van der Waals surface area contributed by atoms with Crippen LogP contribution in [0.1, 0.15) is 42.6 Å². The highest BCUT2D eigenvalue weighted by Gasteiger charge is 2.33. The molecule has 132 valence electrons. The first-order valence-corrected chi connectivity index (χ1v) is 8.35. The highest BCUT2D eigenvalue weighted by atomic mass is 19.1. The van der Waals surface area contributed by atoms with Crippen LogP contribution in [0.5, 0.6) is 0 Å². The number of carbonyl (C=O) groups excluding carboxylic acids is 2. The van der Waals surface area contributed by atoms with Gasteiger partial charge in [-0.05, 0) is 36.2 Å². The average molecular weight is 344 g/mol. The van der Waals surface area contributed by atoms with Gasteiger partial charge in [0.2, 0.25) is 11.8 Å². The van der Waals surface area contributed by atoms with Gasteiger partial charge in [-0.1, -0.05) is 13.3 Å². The zero-order valence-electron chi connectivity index (χ0n) is 14.3. The van der Waals surface area contributed by atoms with E-state index in [4.69, 9.17) is 0 Å². The second kappa shape index (κ2) is 7.04.